The zero-order chi connectivity index (χ0) is 16.4. The molecule has 2 bridgehead atoms. The van der Waals surface area contributed by atoms with Gasteiger partial charge in [0.1, 0.15) is 0 Å². The van der Waals surface area contributed by atoms with Crippen molar-refractivity contribution in [3.63, 3.8) is 0 Å². The third-order valence-corrected chi connectivity index (χ3v) is 6.00. The molecule has 0 spiro atoms. The van der Waals surface area contributed by atoms with Gasteiger partial charge in [-0.3, -0.25) is 9.59 Å². The van der Waals surface area contributed by atoms with Gasteiger partial charge >= 0.3 is 0 Å². The monoisotopic (exact) mass is 317 g/mol. The SMILES string of the molecule is N#Cc1ccc(/C=N\N2C(=O)[C@@H]3[C@@H]4C=C[C@H]([C@@H]5C[C@H]45)[C@H]3C2=O)cc1. The smallest absolute Gasteiger partial charge is 0.254 e. The van der Waals surface area contributed by atoms with Crippen molar-refractivity contribution in [2.75, 3.05) is 0 Å². The zero-order valence-electron chi connectivity index (χ0n) is 12.9. The van der Waals surface area contributed by atoms with Crippen molar-refractivity contribution in [3.8, 4) is 6.07 Å². The van der Waals surface area contributed by atoms with Crippen LogP contribution in [0.1, 0.15) is 17.5 Å². The molecule has 24 heavy (non-hydrogen) atoms. The van der Waals surface area contributed by atoms with E-state index in [4.69, 9.17) is 5.26 Å². The maximum Gasteiger partial charge on any atom is 0.254 e. The Hall–Kier alpha value is -2.74. The van der Waals surface area contributed by atoms with Gasteiger partial charge in [0.2, 0.25) is 0 Å². The van der Waals surface area contributed by atoms with Crippen molar-refractivity contribution >= 4 is 18.0 Å². The molecule has 1 aromatic carbocycles. The van der Waals surface area contributed by atoms with E-state index in [1.165, 1.54) is 6.21 Å². The fourth-order valence-corrected chi connectivity index (χ4v) is 4.82. The van der Waals surface area contributed by atoms with Crippen molar-refractivity contribution in [1.29, 1.82) is 5.26 Å². The number of benzene rings is 1. The van der Waals surface area contributed by atoms with Gasteiger partial charge in [-0.1, -0.05) is 24.3 Å². The van der Waals surface area contributed by atoms with E-state index in [0.29, 0.717) is 17.4 Å². The molecule has 0 N–H and O–H groups in total. The number of amides is 2. The molecule has 1 aromatic rings. The Balaban J connectivity index is 1.42. The van der Waals surface area contributed by atoms with Crippen LogP contribution in [0, 0.1) is 46.8 Å². The molecule has 5 nitrogen and oxygen atoms in total. The summed E-state index contributed by atoms with van der Waals surface area (Å²) in [6.07, 6.45) is 6.98. The van der Waals surface area contributed by atoms with Gasteiger partial charge < -0.3 is 0 Å². The lowest BCUT2D eigenvalue weighted by Gasteiger charge is -2.37. The molecular weight excluding hydrogens is 302 g/mol. The summed E-state index contributed by atoms with van der Waals surface area (Å²) >= 11 is 0. The third-order valence-electron chi connectivity index (χ3n) is 6.00. The molecule has 1 saturated heterocycles. The highest BCUT2D eigenvalue weighted by atomic mass is 16.2. The van der Waals surface area contributed by atoms with E-state index in [2.05, 4.69) is 23.3 Å². The van der Waals surface area contributed by atoms with Gasteiger partial charge in [-0.05, 0) is 47.8 Å². The molecule has 2 saturated carbocycles. The van der Waals surface area contributed by atoms with E-state index in [1.54, 1.807) is 24.3 Å². The van der Waals surface area contributed by atoms with E-state index in [1.807, 2.05) is 0 Å². The molecule has 118 valence electrons. The summed E-state index contributed by atoms with van der Waals surface area (Å²) < 4.78 is 0. The number of hydrogen-bond acceptors (Lipinski definition) is 4. The Labute approximate surface area is 139 Å². The second kappa shape index (κ2) is 4.64. The normalized spacial score (nSPS) is 38.4. The minimum absolute atomic E-state index is 0.153. The number of rotatable bonds is 2. The van der Waals surface area contributed by atoms with Crippen LogP contribution in [0.3, 0.4) is 0 Å². The summed E-state index contributed by atoms with van der Waals surface area (Å²) in [4.78, 5) is 25.5. The molecule has 1 heterocycles. The minimum Gasteiger partial charge on any atom is -0.272 e. The number of nitriles is 1. The topological polar surface area (TPSA) is 73.5 Å². The first kappa shape index (κ1) is 13.7. The highest BCUT2D eigenvalue weighted by Crippen LogP contribution is 2.65. The summed E-state index contributed by atoms with van der Waals surface area (Å²) in [6, 6.07) is 8.93. The molecule has 4 aliphatic carbocycles. The largest absolute Gasteiger partial charge is 0.272 e. The number of hydrazone groups is 1. The van der Waals surface area contributed by atoms with Gasteiger partial charge in [-0.15, -0.1) is 0 Å². The van der Waals surface area contributed by atoms with E-state index >= 15 is 0 Å². The summed E-state index contributed by atoms with van der Waals surface area (Å²) in [6.45, 7) is 0. The Kier molecular flexibility index (Phi) is 2.64. The first-order valence-electron chi connectivity index (χ1n) is 8.29. The van der Waals surface area contributed by atoms with Gasteiger partial charge in [0.25, 0.3) is 11.8 Å². The van der Waals surface area contributed by atoms with Gasteiger partial charge in [0.15, 0.2) is 0 Å². The number of allylic oxidation sites excluding steroid dienone is 2. The van der Waals surface area contributed by atoms with Crippen LogP contribution in [0.5, 0.6) is 0 Å². The maximum absolute atomic E-state index is 12.7. The van der Waals surface area contributed by atoms with Crippen LogP contribution in [-0.4, -0.2) is 23.0 Å². The molecule has 6 rings (SSSR count). The highest BCUT2D eigenvalue weighted by Gasteiger charge is 2.67. The molecule has 0 unspecified atom stereocenters. The number of carbonyl (C=O) groups excluding carboxylic acids is 2. The zero-order valence-corrected chi connectivity index (χ0v) is 12.9. The van der Waals surface area contributed by atoms with Crippen molar-refractivity contribution in [2.24, 2.45) is 40.6 Å². The van der Waals surface area contributed by atoms with Crippen molar-refractivity contribution < 1.29 is 9.59 Å². The Morgan fingerprint density at radius 2 is 1.62 bits per heavy atom. The average molecular weight is 317 g/mol. The van der Waals surface area contributed by atoms with E-state index in [0.717, 1.165) is 17.0 Å². The molecule has 6 atom stereocenters. The maximum atomic E-state index is 12.7. The number of hydrogen-bond donors (Lipinski definition) is 0. The quantitative estimate of drug-likeness (QED) is 0.475. The van der Waals surface area contributed by atoms with Crippen molar-refractivity contribution in [2.45, 2.75) is 6.42 Å². The molecule has 5 aliphatic rings. The fourth-order valence-electron chi connectivity index (χ4n) is 4.82. The Morgan fingerprint density at radius 1 is 1.04 bits per heavy atom. The summed E-state index contributed by atoms with van der Waals surface area (Å²) in [5, 5.41) is 14.1. The van der Waals surface area contributed by atoms with E-state index in [-0.39, 0.29) is 35.5 Å². The van der Waals surface area contributed by atoms with Crippen LogP contribution in [0.15, 0.2) is 41.5 Å². The van der Waals surface area contributed by atoms with E-state index < -0.39 is 0 Å². The Morgan fingerprint density at radius 3 is 2.17 bits per heavy atom. The number of carbonyl (C=O) groups is 2. The van der Waals surface area contributed by atoms with Gasteiger partial charge in [-0.25, -0.2) is 0 Å². The van der Waals surface area contributed by atoms with E-state index in [9.17, 15) is 9.59 Å². The lowest BCUT2D eigenvalue weighted by atomic mass is 9.63. The lowest BCUT2D eigenvalue weighted by molar-refractivity contribution is -0.140. The number of nitrogens with zero attached hydrogens (tertiary/aromatic N) is 3. The van der Waals surface area contributed by atoms with Crippen LogP contribution < -0.4 is 0 Å². The third kappa shape index (κ3) is 1.71. The van der Waals surface area contributed by atoms with Crippen LogP contribution in [-0.2, 0) is 9.59 Å². The average Bonchev–Trinajstić information content (AvgIpc) is 3.39. The van der Waals surface area contributed by atoms with Gasteiger partial charge in [0.05, 0.1) is 29.7 Å². The van der Waals surface area contributed by atoms with Crippen LogP contribution in [0.4, 0.5) is 0 Å². The van der Waals surface area contributed by atoms with Crippen LogP contribution in [0.2, 0.25) is 0 Å². The molecule has 2 amide bonds. The molecule has 0 radical (unpaired) electrons. The summed E-state index contributed by atoms with van der Waals surface area (Å²) in [5.74, 6) is 0.900. The minimum atomic E-state index is -0.214. The fraction of sp³-hybridized carbons (Fsp3) is 0.368. The van der Waals surface area contributed by atoms with Crippen molar-refractivity contribution in [3.05, 3.63) is 47.5 Å². The molecule has 3 fully saturated rings. The predicted molar refractivity (Wildman–Crippen MR) is 85.3 cm³/mol. The predicted octanol–water partition coefficient (Wildman–Crippen LogP) is 1.95. The van der Waals surface area contributed by atoms with Gasteiger partial charge in [-0.2, -0.15) is 15.4 Å². The summed E-state index contributed by atoms with van der Waals surface area (Å²) in [5.41, 5.74) is 1.32. The first-order valence-corrected chi connectivity index (χ1v) is 8.29. The van der Waals surface area contributed by atoms with Crippen LogP contribution in [0.25, 0.3) is 0 Å². The van der Waals surface area contributed by atoms with Crippen molar-refractivity contribution in [1.82, 2.24) is 5.01 Å². The molecule has 1 aliphatic heterocycles. The molecular formula is C19H15N3O2. The van der Waals surface area contributed by atoms with Crippen LogP contribution >= 0.6 is 0 Å². The highest BCUT2D eigenvalue weighted by molar-refractivity contribution is 6.06. The summed E-state index contributed by atoms with van der Waals surface area (Å²) in [7, 11) is 0. The lowest BCUT2D eigenvalue weighted by Crippen LogP contribution is -2.40. The molecule has 0 aromatic heterocycles. The second-order valence-electron chi connectivity index (χ2n) is 7.12. The number of imide groups is 1. The second-order valence-corrected chi connectivity index (χ2v) is 7.12. The van der Waals surface area contributed by atoms with Gasteiger partial charge in [0, 0.05) is 0 Å². The first-order chi connectivity index (χ1) is 11.7. The Bertz CT molecular complexity index is 812. The molecule has 5 heteroatoms. The standard InChI is InChI=1S/C19H15N3O2/c20-8-10-1-3-11(4-2-10)9-21-22-18(23)16-12-5-6-13(15-7-14(12)15)17(16)19(22)24/h1-6,9,12-17H,7H2/b21-9-/t12-,13-,14-,15+,16-,17-/m1/s1.